The molecular weight excluding hydrogens is 392 g/mol. The second kappa shape index (κ2) is 8.95. The second-order valence-corrected chi connectivity index (χ2v) is 6.49. The minimum absolute atomic E-state index is 0.0307. The molecule has 0 aliphatic heterocycles. The number of benzene rings is 3. The molecule has 7 heteroatoms. The van der Waals surface area contributed by atoms with E-state index in [1.807, 2.05) is 0 Å². The molecule has 6 nitrogen and oxygen atoms in total. The molecule has 3 aromatic rings. The third-order valence-electron chi connectivity index (χ3n) is 4.05. The summed E-state index contributed by atoms with van der Waals surface area (Å²) in [4.78, 5) is 35.3. The summed E-state index contributed by atoms with van der Waals surface area (Å²) in [6, 6.07) is 19.1. The molecule has 1 amide bonds. The van der Waals surface area contributed by atoms with E-state index in [9.17, 15) is 19.7 Å². The third kappa shape index (κ3) is 5.15. The van der Waals surface area contributed by atoms with Crippen molar-refractivity contribution in [3.05, 3.63) is 111 Å². The van der Waals surface area contributed by atoms with Gasteiger partial charge in [-0.15, -0.1) is 0 Å². The summed E-state index contributed by atoms with van der Waals surface area (Å²) in [6.45, 7) is 0. The Balaban J connectivity index is 1.78. The Morgan fingerprint density at radius 1 is 0.966 bits per heavy atom. The topological polar surface area (TPSA) is 89.3 Å². The Bertz CT molecular complexity index is 1090. The Morgan fingerprint density at radius 2 is 1.66 bits per heavy atom. The molecule has 29 heavy (non-hydrogen) atoms. The van der Waals surface area contributed by atoms with E-state index in [0.717, 1.165) is 0 Å². The molecule has 0 unspecified atom stereocenters. The quantitative estimate of drug-likeness (QED) is 0.266. The largest absolute Gasteiger partial charge is 0.322 e. The molecule has 0 atom stereocenters. The molecule has 3 rings (SSSR count). The summed E-state index contributed by atoms with van der Waals surface area (Å²) in [5.41, 5.74) is 1.69. The Morgan fingerprint density at radius 3 is 2.31 bits per heavy atom. The van der Waals surface area contributed by atoms with E-state index >= 15 is 0 Å². The first-order valence-electron chi connectivity index (χ1n) is 8.57. The summed E-state index contributed by atoms with van der Waals surface area (Å²) < 4.78 is 0. The fourth-order valence-electron chi connectivity index (χ4n) is 2.61. The maximum atomic E-state index is 12.8. The third-order valence-corrected chi connectivity index (χ3v) is 4.29. The van der Waals surface area contributed by atoms with Crippen molar-refractivity contribution < 1.29 is 14.5 Å². The molecule has 0 fully saturated rings. The average Bonchev–Trinajstić information content (AvgIpc) is 2.74. The number of nitrogens with one attached hydrogen (secondary N) is 1. The summed E-state index contributed by atoms with van der Waals surface area (Å²) >= 11 is 6.03. The number of nitro benzene ring substituents is 1. The van der Waals surface area contributed by atoms with Crippen LogP contribution in [0.2, 0.25) is 5.02 Å². The van der Waals surface area contributed by atoms with E-state index in [1.165, 1.54) is 42.5 Å². The van der Waals surface area contributed by atoms with E-state index in [1.54, 1.807) is 42.5 Å². The van der Waals surface area contributed by atoms with Gasteiger partial charge in [0, 0.05) is 34.4 Å². The molecule has 0 spiro atoms. The van der Waals surface area contributed by atoms with Gasteiger partial charge in [0.15, 0.2) is 5.78 Å². The number of anilines is 1. The molecule has 0 aliphatic rings. The highest BCUT2D eigenvalue weighted by atomic mass is 35.5. The van der Waals surface area contributed by atoms with Crippen molar-refractivity contribution in [2.75, 3.05) is 5.32 Å². The lowest BCUT2D eigenvalue weighted by molar-refractivity contribution is -0.384. The number of amides is 1. The van der Waals surface area contributed by atoms with Gasteiger partial charge >= 0.3 is 0 Å². The van der Waals surface area contributed by atoms with Crippen LogP contribution >= 0.6 is 11.6 Å². The van der Waals surface area contributed by atoms with E-state index in [4.69, 9.17) is 11.6 Å². The number of ketones is 1. The zero-order valence-electron chi connectivity index (χ0n) is 15.0. The van der Waals surface area contributed by atoms with Crippen LogP contribution in [-0.2, 0) is 4.79 Å². The number of nitrogens with zero attached hydrogens (tertiary/aromatic N) is 1. The number of halogens is 1. The van der Waals surface area contributed by atoms with E-state index in [2.05, 4.69) is 5.32 Å². The molecule has 0 radical (unpaired) electrons. The first kappa shape index (κ1) is 20.0. The molecule has 1 N–H and O–H groups in total. The minimum Gasteiger partial charge on any atom is -0.322 e. The van der Waals surface area contributed by atoms with Gasteiger partial charge in [-0.1, -0.05) is 41.9 Å². The van der Waals surface area contributed by atoms with Crippen molar-refractivity contribution in [3.63, 3.8) is 0 Å². The predicted octanol–water partition coefficient (Wildman–Crippen LogP) is 5.13. The first-order valence-corrected chi connectivity index (χ1v) is 8.94. The number of hydrogen-bond acceptors (Lipinski definition) is 4. The molecule has 0 saturated carbocycles. The summed E-state index contributed by atoms with van der Waals surface area (Å²) in [6.07, 6.45) is 2.81. The highest BCUT2D eigenvalue weighted by molar-refractivity contribution is 6.31. The maximum absolute atomic E-state index is 12.8. The maximum Gasteiger partial charge on any atom is 0.269 e. The molecule has 0 heterocycles. The lowest BCUT2D eigenvalue weighted by atomic mass is 10.0. The number of nitro groups is 1. The second-order valence-electron chi connectivity index (χ2n) is 6.06. The normalized spacial score (nSPS) is 10.7. The number of carbonyl (C=O) groups excluding carboxylic acids is 2. The SMILES string of the molecule is O=C(/C=C/c1ccc([N+](=O)[O-])cc1)Nc1ccc(Cl)cc1C(=O)c1ccccc1. The van der Waals surface area contributed by atoms with Crippen molar-refractivity contribution in [1.29, 1.82) is 0 Å². The highest BCUT2D eigenvalue weighted by Gasteiger charge is 2.15. The van der Waals surface area contributed by atoms with Crippen molar-refractivity contribution >= 4 is 40.7 Å². The van der Waals surface area contributed by atoms with Crippen LogP contribution in [0.5, 0.6) is 0 Å². The van der Waals surface area contributed by atoms with Gasteiger partial charge in [-0.05, 0) is 42.0 Å². The Labute approximate surface area is 171 Å². The van der Waals surface area contributed by atoms with Gasteiger partial charge in [-0.3, -0.25) is 19.7 Å². The van der Waals surface area contributed by atoms with Gasteiger partial charge in [0.2, 0.25) is 5.91 Å². The van der Waals surface area contributed by atoms with Crippen molar-refractivity contribution in [2.45, 2.75) is 0 Å². The lowest BCUT2D eigenvalue weighted by Crippen LogP contribution is -2.12. The van der Waals surface area contributed by atoms with Crippen LogP contribution in [-0.4, -0.2) is 16.6 Å². The lowest BCUT2D eigenvalue weighted by Gasteiger charge is -2.10. The average molecular weight is 407 g/mol. The Kier molecular flexibility index (Phi) is 6.16. The smallest absolute Gasteiger partial charge is 0.269 e. The predicted molar refractivity (Wildman–Crippen MR) is 112 cm³/mol. The summed E-state index contributed by atoms with van der Waals surface area (Å²) in [5, 5.41) is 13.7. The van der Waals surface area contributed by atoms with Crippen LogP contribution in [0, 0.1) is 10.1 Å². The molecule has 144 valence electrons. The highest BCUT2D eigenvalue weighted by Crippen LogP contribution is 2.24. The van der Waals surface area contributed by atoms with Crippen LogP contribution in [0.15, 0.2) is 78.9 Å². The summed E-state index contributed by atoms with van der Waals surface area (Å²) in [7, 11) is 0. The number of hydrogen-bond donors (Lipinski definition) is 1. The van der Waals surface area contributed by atoms with Gasteiger partial charge in [0.1, 0.15) is 0 Å². The molecule has 0 bridgehead atoms. The number of non-ortho nitro benzene ring substituents is 1. The monoisotopic (exact) mass is 406 g/mol. The fraction of sp³-hybridized carbons (Fsp3) is 0. The zero-order valence-corrected chi connectivity index (χ0v) is 15.8. The molecular formula is C22H15ClN2O4. The number of carbonyl (C=O) groups is 2. The molecule has 0 aromatic heterocycles. The molecule has 0 aliphatic carbocycles. The van der Waals surface area contributed by atoms with Gasteiger partial charge in [-0.2, -0.15) is 0 Å². The summed E-state index contributed by atoms with van der Waals surface area (Å²) in [5.74, 6) is -0.712. The fourth-order valence-corrected chi connectivity index (χ4v) is 2.78. The minimum atomic E-state index is -0.494. The Hall–Kier alpha value is -3.77. The van der Waals surface area contributed by atoms with Gasteiger partial charge in [-0.25, -0.2) is 0 Å². The molecule has 3 aromatic carbocycles. The first-order chi connectivity index (χ1) is 13.9. The standard InChI is InChI=1S/C22H15ClN2O4/c23-17-9-12-20(19(14-17)22(27)16-4-2-1-3-5-16)24-21(26)13-8-15-6-10-18(11-7-15)25(28)29/h1-14H,(H,24,26)/b13-8+. The van der Waals surface area contributed by atoms with E-state index in [-0.39, 0.29) is 17.0 Å². The van der Waals surface area contributed by atoms with E-state index in [0.29, 0.717) is 21.8 Å². The van der Waals surface area contributed by atoms with Crippen LogP contribution in [0.4, 0.5) is 11.4 Å². The van der Waals surface area contributed by atoms with Crippen LogP contribution in [0.3, 0.4) is 0 Å². The van der Waals surface area contributed by atoms with Gasteiger partial charge < -0.3 is 5.32 Å². The van der Waals surface area contributed by atoms with Crippen molar-refractivity contribution in [3.8, 4) is 0 Å². The zero-order chi connectivity index (χ0) is 20.8. The van der Waals surface area contributed by atoms with Crippen LogP contribution in [0.1, 0.15) is 21.5 Å². The van der Waals surface area contributed by atoms with Gasteiger partial charge in [0.25, 0.3) is 5.69 Å². The van der Waals surface area contributed by atoms with Gasteiger partial charge in [0.05, 0.1) is 10.6 Å². The van der Waals surface area contributed by atoms with Crippen LogP contribution in [0.25, 0.3) is 6.08 Å². The van der Waals surface area contributed by atoms with Crippen LogP contribution < -0.4 is 5.32 Å². The van der Waals surface area contributed by atoms with E-state index < -0.39 is 10.8 Å². The van der Waals surface area contributed by atoms with Crippen molar-refractivity contribution in [2.24, 2.45) is 0 Å². The van der Waals surface area contributed by atoms with Crippen molar-refractivity contribution in [1.82, 2.24) is 0 Å². The molecule has 0 saturated heterocycles. The number of rotatable bonds is 6.